The lowest BCUT2D eigenvalue weighted by molar-refractivity contribution is 0.409. The lowest BCUT2D eigenvalue weighted by Crippen LogP contribution is -2.38. The molecule has 0 radical (unpaired) electrons. The van der Waals surface area contributed by atoms with Gasteiger partial charge in [-0.3, -0.25) is 4.57 Å². The zero-order chi connectivity index (χ0) is 17.1. The number of nitrogens with zero attached hydrogens (tertiary/aromatic N) is 2. The van der Waals surface area contributed by atoms with Gasteiger partial charge in [0.05, 0.1) is 7.11 Å². The first-order chi connectivity index (χ1) is 11.6. The molecule has 0 aliphatic heterocycles. The van der Waals surface area contributed by atoms with Crippen molar-refractivity contribution in [2.45, 2.75) is 45.7 Å². The summed E-state index contributed by atoms with van der Waals surface area (Å²) in [7, 11) is 1.70. The number of fused-ring (bicyclic) bond motifs is 1. The maximum absolute atomic E-state index is 12.0. The van der Waals surface area contributed by atoms with Crippen LogP contribution in [0.15, 0.2) is 29.1 Å². The molecule has 0 bridgehead atoms. The number of nitrogens with one attached hydrogen (secondary N) is 1. The van der Waals surface area contributed by atoms with E-state index in [1.165, 1.54) is 11.1 Å². The van der Waals surface area contributed by atoms with Crippen LogP contribution < -0.4 is 15.7 Å². The standard InChI is InChI=1S/C19H25N3O2/c1-13-10-14(2)22(19(23)21-13)9-8-20-17-6-4-15-5-7-18(24-3)12-16(15)11-17/h5,7,10,12,17,20H,4,6,8-9,11H2,1-3H3. The van der Waals surface area contributed by atoms with Crippen LogP contribution in [-0.4, -0.2) is 29.2 Å². The molecule has 1 N–H and O–H groups in total. The second kappa shape index (κ2) is 7.18. The van der Waals surface area contributed by atoms with Crippen LogP contribution in [0.1, 0.15) is 28.9 Å². The maximum Gasteiger partial charge on any atom is 0.347 e. The molecule has 1 atom stereocenters. The summed E-state index contributed by atoms with van der Waals surface area (Å²) in [5.41, 5.74) is 4.37. The minimum absolute atomic E-state index is 0.159. The molecule has 2 aromatic rings. The Morgan fingerprint density at radius 1 is 1.29 bits per heavy atom. The number of aromatic nitrogens is 2. The third-order valence-electron chi connectivity index (χ3n) is 4.76. The molecule has 1 heterocycles. The van der Waals surface area contributed by atoms with E-state index in [1.54, 1.807) is 11.7 Å². The first-order valence-electron chi connectivity index (χ1n) is 8.51. The first kappa shape index (κ1) is 16.7. The van der Waals surface area contributed by atoms with Gasteiger partial charge >= 0.3 is 5.69 Å². The van der Waals surface area contributed by atoms with Gasteiger partial charge in [0.25, 0.3) is 0 Å². The number of ether oxygens (including phenoxy) is 1. The fourth-order valence-electron chi connectivity index (χ4n) is 3.46. The van der Waals surface area contributed by atoms with Crippen molar-refractivity contribution >= 4 is 0 Å². The maximum atomic E-state index is 12.0. The summed E-state index contributed by atoms with van der Waals surface area (Å²) in [5, 5.41) is 3.59. The summed E-state index contributed by atoms with van der Waals surface area (Å²) in [6.07, 6.45) is 3.22. The number of rotatable bonds is 5. The van der Waals surface area contributed by atoms with Crippen molar-refractivity contribution in [3.05, 3.63) is 57.3 Å². The molecule has 1 aliphatic carbocycles. The van der Waals surface area contributed by atoms with Crippen LogP contribution in [-0.2, 0) is 19.4 Å². The third-order valence-corrected chi connectivity index (χ3v) is 4.76. The van der Waals surface area contributed by atoms with Crippen LogP contribution in [0.2, 0.25) is 0 Å². The second-order valence-corrected chi connectivity index (χ2v) is 6.50. The van der Waals surface area contributed by atoms with Gasteiger partial charge < -0.3 is 10.1 Å². The highest BCUT2D eigenvalue weighted by atomic mass is 16.5. The van der Waals surface area contributed by atoms with Crippen molar-refractivity contribution in [3.63, 3.8) is 0 Å². The minimum Gasteiger partial charge on any atom is -0.497 e. The Morgan fingerprint density at radius 3 is 2.88 bits per heavy atom. The Balaban J connectivity index is 1.59. The van der Waals surface area contributed by atoms with E-state index in [0.717, 1.165) is 42.9 Å². The Kier molecular flexibility index (Phi) is 5.00. The van der Waals surface area contributed by atoms with Gasteiger partial charge in [-0.15, -0.1) is 0 Å². The van der Waals surface area contributed by atoms with Crippen LogP contribution in [0.3, 0.4) is 0 Å². The zero-order valence-corrected chi connectivity index (χ0v) is 14.6. The van der Waals surface area contributed by atoms with E-state index in [1.807, 2.05) is 26.0 Å². The molecule has 0 spiro atoms. The molecule has 0 amide bonds. The highest BCUT2D eigenvalue weighted by molar-refractivity contribution is 5.37. The van der Waals surface area contributed by atoms with Gasteiger partial charge in [-0.2, -0.15) is 4.98 Å². The van der Waals surface area contributed by atoms with Crippen LogP contribution in [0, 0.1) is 13.8 Å². The molecule has 0 saturated carbocycles. The SMILES string of the molecule is COc1ccc2c(c1)CC(NCCn1c(C)cc(C)nc1=O)CC2. The average molecular weight is 327 g/mol. The lowest BCUT2D eigenvalue weighted by Gasteiger charge is -2.26. The van der Waals surface area contributed by atoms with Crippen molar-refractivity contribution in [2.24, 2.45) is 0 Å². The summed E-state index contributed by atoms with van der Waals surface area (Å²) >= 11 is 0. The van der Waals surface area contributed by atoms with Crippen molar-refractivity contribution in [3.8, 4) is 5.75 Å². The van der Waals surface area contributed by atoms with E-state index in [0.29, 0.717) is 12.6 Å². The molecule has 1 aromatic carbocycles. The highest BCUT2D eigenvalue weighted by Gasteiger charge is 2.18. The number of hydrogen-bond acceptors (Lipinski definition) is 4. The predicted octanol–water partition coefficient (Wildman–Crippen LogP) is 2.02. The van der Waals surface area contributed by atoms with E-state index in [4.69, 9.17) is 4.74 Å². The van der Waals surface area contributed by atoms with Crippen LogP contribution >= 0.6 is 0 Å². The lowest BCUT2D eigenvalue weighted by atomic mass is 9.88. The van der Waals surface area contributed by atoms with Crippen LogP contribution in [0.25, 0.3) is 0 Å². The highest BCUT2D eigenvalue weighted by Crippen LogP contribution is 2.25. The fourth-order valence-corrected chi connectivity index (χ4v) is 3.46. The Bertz CT molecular complexity index is 783. The second-order valence-electron chi connectivity index (χ2n) is 6.50. The minimum atomic E-state index is -0.159. The molecule has 1 aromatic heterocycles. The Hall–Kier alpha value is -2.14. The zero-order valence-electron chi connectivity index (χ0n) is 14.6. The normalized spacial score (nSPS) is 16.7. The van der Waals surface area contributed by atoms with Crippen molar-refractivity contribution in [2.75, 3.05) is 13.7 Å². The van der Waals surface area contributed by atoms with E-state index >= 15 is 0 Å². The molecule has 5 heteroatoms. The molecule has 24 heavy (non-hydrogen) atoms. The molecular formula is C19H25N3O2. The molecular weight excluding hydrogens is 302 g/mol. The van der Waals surface area contributed by atoms with Crippen LogP contribution in [0.4, 0.5) is 0 Å². The van der Waals surface area contributed by atoms with Gasteiger partial charge in [-0.25, -0.2) is 4.79 Å². The van der Waals surface area contributed by atoms with Crippen molar-refractivity contribution < 1.29 is 4.74 Å². The monoisotopic (exact) mass is 327 g/mol. The summed E-state index contributed by atoms with van der Waals surface area (Å²) in [6, 6.07) is 8.74. The molecule has 0 fully saturated rings. The van der Waals surface area contributed by atoms with Crippen LogP contribution in [0.5, 0.6) is 5.75 Å². The molecule has 5 nitrogen and oxygen atoms in total. The number of aryl methyl sites for hydroxylation is 3. The van der Waals surface area contributed by atoms with Crippen molar-refractivity contribution in [1.29, 1.82) is 0 Å². The number of methoxy groups -OCH3 is 1. The topological polar surface area (TPSA) is 56.1 Å². The quantitative estimate of drug-likeness (QED) is 0.913. The van der Waals surface area contributed by atoms with E-state index in [2.05, 4.69) is 22.4 Å². The summed E-state index contributed by atoms with van der Waals surface area (Å²) in [5.74, 6) is 0.919. The van der Waals surface area contributed by atoms with Gasteiger partial charge in [0, 0.05) is 30.5 Å². The fraction of sp³-hybridized carbons (Fsp3) is 0.474. The largest absolute Gasteiger partial charge is 0.497 e. The molecule has 1 aliphatic rings. The van der Waals surface area contributed by atoms with E-state index < -0.39 is 0 Å². The van der Waals surface area contributed by atoms with Gasteiger partial charge in [0.15, 0.2) is 0 Å². The Morgan fingerprint density at radius 2 is 2.12 bits per heavy atom. The van der Waals surface area contributed by atoms with Gasteiger partial charge in [0.2, 0.25) is 0 Å². The Labute approximate surface area is 142 Å². The number of hydrogen-bond donors (Lipinski definition) is 1. The first-order valence-corrected chi connectivity index (χ1v) is 8.51. The predicted molar refractivity (Wildman–Crippen MR) is 94.8 cm³/mol. The van der Waals surface area contributed by atoms with Crippen molar-refractivity contribution in [1.82, 2.24) is 14.9 Å². The van der Waals surface area contributed by atoms with Gasteiger partial charge in [-0.05, 0) is 62.4 Å². The molecule has 3 rings (SSSR count). The van der Waals surface area contributed by atoms with Gasteiger partial charge in [-0.1, -0.05) is 6.07 Å². The van der Waals surface area contributed by atoms with E-state index in [-0.39, 0.29) is 5.69 Å². The van der Waals surface area contributed by atoms with Gasteiger partial charge in [0.1, 0.15) is 5.75 Å². The summed E-state index contributed by atoms with van der Waals surface area (Å²) in [6.45, 7) is 5.23. The summed E-state index contributed by atoms with van der Waals surface area (Å²) < 4.78 is 7.06. The molecule has 0 saturated heterocycles. The molecule has 1 unspecified atom stereocenters. The summed E-state index contributed by atoms with van der Waals surface area (Å²) in [4.78, 5) is 16.0. The smallest absolute Gasteiger partial charge is 0.347 e. The number of benzene rings is 1. The average Bonchev–Trinajstić information content (AvgIpc) is 2.56. The third kappa shape index (κ3) is 3.67. The molecule has 128 valence electrons. The van der Waals surface area contributed by atoms with E-state index in [9.17, 15) is 4.79 Å².